The first kappa shape index (κ1) is 17.1. The highest BCUT2D eigenvalue weighted by atomic mass is 32.2. The van der Waals surface area contributed by atoms with Crippen molar-refractivity contribution < 1.29 is 22.0 Å². The Kier molecular flexibility index (Phi) is 4.77. The molecule has 0 aliphatic heterocycles. The van der Waals surface area contributed by atoms with Crippen LogP contribution in [0, 0.1) is 5.82 Å². The summed E-state index contributed by atoms with van der Waals surface area (Å²) in [5.41, 5.74) is 0.652. The minimum absolute atomic E-state index is 0.0542. The molecule has 0 bridgehead atoms. The zero-order chi connectivity index (χ0) is 17.9. The fourth-order valence-electron chi connectivity index (χ4n) is 2.05. The van der Waals surface area contributed by atoms with Crippen LogP contribution in [-0.4, -0.2) is 25.7 Å². The summed E-state index contributed by atoms with van der Waals surface area (Å²) in [5, 5.41) is 7.70. The van der Waals surface area contributed by atoms with Gasteiger partial charge in [0.05, 0.1) is 18.6 Å². The van der Waals surface area contributed by atoms with Gasteiger partial charge >= 0.3 is 0 Å². The molecule has 0 aliphatic carbocycles. The second-order valence-electron chi connectivity index (χ2n) is 5.01. The molecule has 1 N–H and O–H groups in total. The molecule has 130 valence electrons. The molecule has 0 unspecified atom stereocenters. The first-order valence-corrected chi connectivity index (χ1v) is 8.68. The number of rotatable bonds is 6. The molecule has 0 amide bonds. The maximum absolute atomic E-state index is 12.9. The summed E-state index contributed by atoms with van der Waals surface area (Å²) in [6.07, 6.45) is 0. The van der Waals surface area contributed by atoms with Crippen LogP contribution in [0.4, 0.5) is 4.39 Å². The van der Waals surface area contributed by atoms with Crippen LogP contribution in [0.15, 0.2) is 57.8 Å². The number of hydrogen-bond donors (Lipinski definition) is 1. The van der Waals surface area contributed by atoms with E-state index >= 15 is 0 Å². The summed E-state index contributed by atoms with van der Waals surface area (Å²) in [7, 11) is -2.26. The van der Waals surface area contributed by atoms with E-state index in [1.54, 1.807) is 31.4 Å². The number of hydrogen-bond acceptors (Lipinski definition) is 6. The van der Waals surface area contributed by atoms with Crippen LogP contribution >= 0.6 is 0 Å². The van der Waals surface area contributed by atoms with Gasteiger partial charge in [-0.05, 0) is 42.5 Å². The van der Waals surface area contributed by atoms with Crippen LogP contribution in [0.1, 0.15) is 5.89 Å². The summed E-state index contributed by atoms with van der Waals surface area (Å²) in [5.74, 6) is 0.464. The van der Waals surface area contributed by atoms with Gasteiger partial charge in [-0.1, -0.05) is 6.07 Å². The number of methoxy groups -OCH3 is 1. The van der Waals surface area contributed by atoms with Crippen molar-refractivity contribution in [2.24, 2.45) is 0 Å². The summed E-state index contributed by atoms with van der Waals surface area (Å²) >= 11 is 0. The smallest absolute Gasteiger partial charge is 0.247 e. The van der Waals surface area contributed by atoms with E-state index in [4.69, 9.17) is 9.15 Å². The van der Waals surface area contributed by atoms with Crippen LogP contribution in [0.25, 0.3) is 11.5 Å². The van der Waals surface area contributed by atoms with E-state index in [-0.39, 0.29) is 23.2 Å². The Labute approximate surface area is 143 Å². The Morgan fingerprint density at radius 2 is 1.92 bits per heavy atom. The highest BCUT2D eigenvalue weighted by Gasteiger charge is 2.16. The van der Waals surface area contributed by atoms with E-state index in [0.29, 0.717) is 11.3 Å². The van der Waals surface area contributed by atoms with Gasteiger partial charge < -0.3 is 9.15 Å². The van der Waals surface area contributed by atoms with Gasteiger partial charge in [-0.15, -0.1) is 10.2 Å². The Bertz CT molecular complexity index is 971. The van der Waals surface area contributed by atoms with E-state index in [1.807, 2.05) is 0 Å². The maximum Gasteiger partial charge on any atom is 0.247 e. The third-order valence-electron chi connectivity index (χ3n) is 3.32. The highest BCUT2D eigenvalue weighted by Crippen LogP contribution is 2.22. The Morgan fingerprint density at radius 1 is 1.16 bits per heavy atom. The summed E-state index contributed by atoms with van der Waals surface area (Å²) in [6.45, 7) is -0.184. The number of ether oxygens (including phenoxy) is 1. The number of aromatic nitrogens is 2. The number of sulfonamides is 1. The van der Waals surface area contributed by atoms with E-state index in [2.05, 4.69) is 14.9 Å². The highest BCUT2D eigenvalue weighted by molar-refractivity contribution is 7.89. The quantitative estimate of drug-likeness (QED) is 0.722. The van der Waals surface area contributed by atoms with E-state index in [9.17, 15) is 12.8 Å². The SMILES string of the molecule is COc1cccc(-c2nnc(CNS(=O)(=O)c3ccc(F)cc3)o2)c1. The Morgan fingerprint density at radius 3 is 2.64 bits per heavy atom. The van der Waals surface area contributed by atoms with Crippen molar-refractivity contribution in [3.8, 4) is 17.2 Å². The first-order chi connectivity index (χ1) is 12.0. The van der Waals surface area contributed by atoms with Crippen LogP contribution in [0.5, 0.6) is 5.75 Å². The molecule has 0 saturated heterocycles. The topological polar surface area (TPSA) is 94.3 Å². The lowest BCUT2D eigenvalue weighted by Gasteiger charge is -2.04. The molecule has 25 heavy (non-hydrogen) atoms. The molecule has 1 aromatic heterocycles. The number of nitrogens with one attached hydrogen (secondary N) is 1. The van der Waals surface area contributed by atoms with Crippen LogP contribution < -0.4 is 9.46 Å². The lowest BCUT2D eigenvalue weighted by atomic mass is 10.2. The van der Waals surface area contributed by atoms with E-state index in [1.165, 1.54) is 12.1 Å². The molecule has 9 heteroatoms. The van der Waals surface area contributed by atoms with Crippen molar-refractivity contribution in [1.29, 1.82) is 0 Å². The van der Waals surface area contributed by atoms with E-state index in [0.717, 1.165) is 12.1 Å². The zero-order valence-electron chi connectivity index (χ0n) is 13.1. The summed E-state index contributed by atoms with van der Waals surface area (Å²) in [4.78, 5) is -0.0542. The third-order valence-corrected chi connectivity index (χ3v) is 4.74. The van der Waals surface area contributed by atoms with Gasteiger partial charge in [0, 0.05) is 5.56 Å². The van der Waals surface area contributed by atoms with Gasteiger partial charge in [-0.2, -0.15) is 0 Å². The van der Waals surface area contributed by atoms with Gasteiger partial charge in [-0.3, -0.25) is 0 Å². The Hall–Kier alpha value is -2.78. The molecule has 2 aromatic carbocycles. The lowest BCUT2D eigenvalue weighted by molar-refractivity contribution is 0.414. The fraction of sp³-hybridized carbons (Fsp3) is 0.125. The fourth-order valence-corrected chi connectivity index (χ4v) is 3.03. The molecule has 0 radical (unpaired) electrons. The van der Waals surface area contributed by atoms with Gasteiger partial charge in [0.25, 0.3) is 0 Å². The minimum atomic E-state index is -3.81. The maximum atomic E-state index is 12.9. The molecule has 3 rings (SSSR count). The summed E-state index contributed by atoms with van der Waals surface area (Å²) in [6, 6.07) is 11.5. The average Bonchev–Trinajstić information content (AvgIpc) is 3.10. The van der Waals surface area contributed by atoms with Crippen molar-refractivity contribution in [2.45, 2.75) is 11.4 Å². The third kappa shape index (κ3) is 4.01. The Balaban J connectivity index is 1.72. The van der Waals surface area contributed by atoms with Crippen molar-refractivity contribution in [3.05, 3.63) is 60.2 Å². The molecule has 0 spiro atoms. The number of nitrogens with zero attached hydrogens (tertiary/aromatic N) is 2. The van der Waals surface area contributed by atoms with Crippen molar-refractivity contribution in [2.75, 3.05) is 7.11 Å². The molecule has 7 nitrogen and oxygen atoms in total. The monoisotopic (exact) mass is 363 g/mol. The normalized spacial score (nSPS) is 11.4. The van der Waals surface area contributed by atoms with Crippen LogP contribution in [0.3, 0.4) is 0 Å². The molecular formula is C16H14FN3O4S. The van der Waals surface area contributed by atoms with Gasteiger partial charge in [0.2, 0.25) is 21.8 Å². The van der Waals surface area contributed by atoms with Crippen molar-refractivity contribution >= 4 is 10.0 Å². The van der Waals surface area contributed by atoms with Crippen molar-refractivity contribution in [3.63, 3.8) is 0 Å². The predicted molar refractivity (Wildman–Crippen MR) is 86.7 cm³/mol. The molecule has 0 atom stereocenters. The van der Waals surface area contributed by atoms with Gasteiger partial charge in [0.1, 0.15) is 11.6 Å². The van der Waals surface area contributed by atoms with Crippen LogP contribution in [-0.2, 0) is 16.6 Å². The second kappa shape index (κ2) is 6.99. The molecule has 1 heterocycles. The largest absolute Gasteiger partial charge is 0.497 e. The minimum Gasteiger partial charge on any atom is -0.497 e. The number of halogens is 1. The predicted octanol–water partition coefficient (Wildman–Crippen LogP) is 2.36. The standard InChI is InChI=1S/C16H14FN3O4S/c1-23-13-4-2-3-11(9-13)16-20-19-15(24-16)10-18-25(21,22)14-7-5-12(17)6-8-14/h2-9,18H,10H2,1H3. The average molecular weight is 363 g/mol. The van der Waals surface area contributed by atoms with Crippen LogP contribution in [0.2, 0.25) is 0 Å². The zero-order valence-corrected chi connectivity index (χ0v) is 14.0. The lowest BCUT2D eigenvalue weighted by Crippen LogP contribution is -2.23. The van der Waals surface area contributed by atoms with Crippen molar-refractivity contribution in [1.82, 2.24) is 14.9 Å². The van der Waals surface area contributed by atoms with Gasteiger partial charge in [-0.25, -0.2) is 17.5 Å². The number of benzene rings is 2. The molecule has 0 fully saturated rings. The molecular weight excluding hydrogens is 349 g/mol. The first-order valence-electron chi connectivity index (χ1n) is 7.20. The van der Waals surface area contributed by atoms with Gasteiger partial charge in [0.15, 0.2) is 0 Å². The second-order valence-corrected chi connectivity index (χ2v) is 6.78. The molecule has 0 saturated carbocycles. The van der Waals surface area contributed by atoms with E-state index < -0.39 is 15.8 Å². The molecule has 0 aliphatic rings. The summed E-state index contributed by atoms with van der Waals surface area (Å²) < 4.78 is 50.1. The molecule has 3 aromatic rings.